The first-order valence-corrected chi connectivity index (χ1v) is 20.2. The number of nitrogens with zero attached hydrogens (tertiary/aromatic N) is 8. The van der Waals surface area contributed by atoms with Gasteiger partial charge in [-0.2, -0.15) is 14.9 Å². The molecule has 17 heteroatoms. The van der Waals surface area contributed by atoms with Crippen LogP contribution in [-0.4, -0.2) is 91.7 Å². The molecule has 2 N–H and O–H groups in total. The van der Waals surface area contributed by atoms with Gasteiger partial charge in [0.1, 0.15) is 55.6 Å². The van der Waals surface area contributed by atoms with Gasteiger partial charge >= 0.3 is 11.7 Å². The van der Waals surface area contributed by atoms with Gasteiger partial charge in [0.25, 0.3) is 0 Å². The maximum atomic E-state index is 15.0. The van der Waals surface area contributed by atoms with Crippen molar-refractivity contribution in [3.05, 3.63) is 149 Å². The van der Waals surface area contributed by atoms with E-state index in [1.54, 1.807) is 0 Å². The van der Waals surface area contributed by atoms with Crippen LogP contribution in [0, 0.1) is 11.6 Å². The zero-order valence-corrected chi connectivity index (χ0v) is 33.8. The van der Waals surface area contributed by atoms with Gasteiger partial charge in [0.2, 0.25) is 11.4 Å². The number of hydrogen-bond acceptors (Lipinski definition) is 11. The Bertz CT molecular complexity index is 2460. The van der Waals surface area contributed by atoms with Gasteiger partial charge in [-0.25, -0.2) is 32.6 Å². The number of nitrogens with one attached hydrogen (secondary N) is 1. The van der Waals surface area contributed by atoms with E-state index in [-0.39, 0.29) is 37.8 Å². The van der Waals surface area contributed by atoms with Crippen LogP contribution in [0.2, 0.25) is 0 Å². The van der Waals surface area contributed by atoms with Gasteiger partial charge < -0.3 is 29.1 Å². The minimum absolute atomic E-state index is 0.0105. The molecule has 15 nitrogen and oxygen atoms in total. The number of anilines is 2. The second kappa shape index (κ2) is 17.7. The lowest BCUT2D eigenvalue weighted by atomic mass is 9.98. The summed E-state index contributed by atoms with van der Waals surface area (Å²) in [7, 11) is 0. The molecule has 3 unspecified atom stereocenters. The number of carbonyl (C=O) groups is 1. The lowest BCUT2D eigenvalue weighted by Gasteiger charge is -2.37. The van der Waals surface area contributed by atoms with Crippen molar-refractivity contribution in [3.63, 3.8) is 0 Å². The first kappa shape index (κ1) is 41.3. The molecule has 2 fully saturated rings. The molecule has 2 aromatic heterocycles. The van der Waals surface area contributed by atoms with E-state index in [9.17, 15) is 23.5 Å². The predicted molar refractivity (Wildman–Crippen MR) is 222 cm³/mol. The number of piperazine rings is 1. The van der Waals surface area contributed by atoms with Gasteiger partial charge in [-0.3, -0.25) is 5.32 Å². The van der Waals surface area contributed by atoms with E-state index in [0.717, 1.165) is 59.9 Å². The molecule has 0 amide bonds. The second-order valence-corrected chi connectivity index (χ2v) is 15.3. The molecule has 2 saturated heterocycles. The van der Waals surface area contributed by atoms with E-state index in [2.05, 4.69) is 30.3 Å². The third-order valence-electron chi connectivity index (χ3n) is 11.2. The van der Waals surface area contributed by atoms with Crippen LogP contribution in [0.4, 0.5) is 20.2 Å². The molecular weight excluding hydrogens is 789 g/mol. The minimum Gasteiger partial charge on any atom is -0.491 e. The van der Waals surface area contributed by atoms with Crippen LogP contribution in [0.25, 0.3) is 5.69 Å². The Hall–Kier alpha value is -6.43. The van der Waals surface area contributed by atoms with E-state index >= 15 is 0 Å². The highest BCUT2D eigenvalue weighted by Gasteiger charge is 2.47. The fraction of sp³-hybridized carbons (Fsp3) is 0.341. The number of carboxylic acid groups (broad SMARTS) is 1. The van der Waals surface area contributed by atoms with Crippen LogP contribution < -0.4 is 25.5 Å². The van der Waals surface area contributed by atoms with Crippen LogP contribution in [0.1, 0.15) is 31.4 Å². The molecule has 0 aliphatic carbocycles. The summed E-state index contributed by atoms with van der Waals surface area (Å²) in [5.41, 5.74) is 1.08. The summed E-state index contributed by atoms with van der Waals surface area (Å²) in [6, 6.07) is 27.7. The molecule has 318 valence electrons. The lowest BCUT2D eigenvalue weighted by Crippen LogP contribution is -2.61. The van der Waals surface area contributed by atoms with E-state index < -0.39 is 40.8 Å². The molecule has 0 radical (unpaired) electrons. The van der Waals surface area contributed by atoms with Gasteiger partial charge in [-0.15, -0.1) is 0 Å². The molecule has 4 aromatic carbocycles. The van der Waals surface area contributed by atoms with Crippen molar-refractivity contribution < 1.29 is 32.9 Å². The van der Waals surface area contributed by atoms with E-state index in [0.29, 0.717) is 17.9 Å². The van der Waals surface area contributed by atoms with Gasteiger partial charge in [0.05, 0.1) is 12.3 Å². The molecule has 4 atom stereocenters. The average molecular weight is 836 g/mol. The van der Waals surface area contributed by atoms with Crippen LogP contribution in [0.15, 0.2) is 121 Å². The Morgan fingerprint density at radius 3 is 2.23 bits per heavy atom. The maximum Gasteiger partial charge on any atom is 0.352 e. The van der Waals surface area contributed by atoms with Gasteiger partial charge in [0.15, 0.2) is 0 Å². The summed E-state index contributed by atoms with van der Waals surface area (Å²) in [6.07, 6.45) is 4.34. The largest absolute Gasteiger partial charge is 0.491 e. The van der Waals surface area contributed by atoms with E-state index in [1.165, 1.54) is 34.3 Å². The Morgan fingerprint density at radius 2 is 1.61 bits per heavy atom. The molecule has 2 aliphatic rings. The van der Waals surface area contributed by atoms with Crippen molar-refractivity contribution in [3.8, 4) is 11.4 Å². The van der Waals surface area contributed by atoms with Crippen LogP contribution >= 0.6 is 0 Å². The predicted octanol–water partition coefficient (Wildman–Crippen LogP) is 4.95. The normalized spacial score (nSPS) is 19.4. The lowest BCUT2D eigenvalue weighted by molar-refractivity contribution is -0.192. The number of carboxylic acids is 1. The monoisotopic (exact) mass is 835 g/mol. The number of aromatic nitrogens is 6. The van der Waals surface area contributed by atoms with Gasteiger partial charge in [-0.1, -0.05) is 37.3 Å². The third kappa shape index (κ3) is 8.75. The van der Waals surface area contributed by atoms with E-state index in [4.69, 9.17) is 14.2 Å². The van der Waals surface area contributed by atoms with Crippen molar-refractivity contribution in [2.75, 3.05) is 49.2 Å². The first-order chi connectivity index (χ1) is 29.6. The third-order valence-corrected chi connectivity index (χ3v) is 11.2. The quantitative estimate of drug-likeness (QED) is 0.136. The Balaban J connectivity index is 0.872. The van der Waals surface area contributed by atoms with Gasteiger partial charge in [-0.05, 0) is 79.6 Å². The van der Waals surface area contributed by atoms with Crippen LogP contribution in [-0.2, 0) is 38.7 Å². The van der Waals surface area contributed by atoms with Crippen molar-refractivity contribution >= 4 is 17.3 Å². The Kier molecular flexibility index (Phi) is 12.0. The number of rotatable bonds is 16. The average Bonchev–Trinajstić information content (AvgIpc) is 4.04. The van der Waals surface area contributed by atoms with Gasteiger partial charge in [0, 0.05) is 61.6 Å². The topological polar surface area (TPSA) is 154 Å². The second-order valence-electron chi connectivity index (χ2n) is 15.3. The van der Waals surface area contributed by atoms with Crippen molar-refractivity contribution in [1.82, 2.24) is 34.4 Å². The van der Waals surface area contributed by atoms with Crippen LogP contribution in [0.3, 0.4) is 0 Å². The SMILES string of the molecule is CCC(C)N[C@@](Cc1ccccc1)(C(=O)O)n1ncn(-c2ccc(N3CCN(c4ccc(OCC5COC(Cn6cncn6)(c6ccc(F)cc6F)O5)cc4)CC3)cc2)c1=O. The molecule has 0 spiro atoms. The zero-order chi connectivity index (χ0) is 42.6. The Labute approximate surface area is 350 Å². The summed E-state index contributed by atoms with van der Waals surface area (Å²) in [6.45, 7) is 7.19. The molecule has 8 rings (SSSR count). The summed E-state index contributed by atoms with van der Waals surface area (Å²) in [5, 5.41) is 22.3. The van der Waals surface area contributed by atoms with E-state index in [1.807, 2.05) is 92.7 Å². The van der Waals surface area contributed by atoms with Crippen molar-refractivity contribution in [2.24, 2.45) is 0 Å². The first-order valence-electron chi connectivity index (χ1n) is 20.2. The summed E-state index contributed by atoms with van der Waals surface area (Å²) >= 11 is 0. The summed E-state index contributed by atoms with van der Waals surface area (Å²) in [5.74, 6) is -3.59. The fourth-order valence-electron chi connectivity index (χ4n) is 7.83. The molecule has 6 aromatic rings. The van der Waals surface area contributed by atoms with Crippen molar-refractivity contribution in [2.45, 2.75) is 56.8 Å². The highest BCUT2D eigenvalue weighted by molar-refractivity contribution is 5.76. The number of aliphatic carboxylic acids is 1. The standard InChI is InChI=1S/C44H47F2N9O6/c1-3-31(2)50-43(41(56)57,24-32-7-5-4-6-8-32)55-42(58)54(30-49-55)36-12-10-34(11-13-36)51-19-21-52(22-20-51)35-14-16-37(17-15-35)59-25-38-26-60-44(61-38,27-53-29-47-28-48-53)39-18-9-33(45)23-40(39)46/h4-18,23,28-31,38,50H,3,19-22,24-27H2,1-2H3,(H,56,57)/t31?,38?,43-,44?/m1/s1. The molecule has 2 aliphatic heterocycles. The zero-order valence-electron chi connectivity index (χ0n) is 33.8. The minimum atomic E-state index is -1.80. The number of halogens is 2. The Morgan fingerprint density at radius 1 is 0.934 bits per heavy atom. The number of benzene rings is 4. The van der Waals surface area contributed by atoms with Crippen LogP contribution in [0.5, 0.6) is 5.75 Å². The summed E-state index contributed by atoms with van der Waals surface area (Å²) in [4.78, 5) is 35.4. The highest BCUT2D eigenvalue weighted by Crippen LogP contribution is 2.38. The maximum absolute atomic E-state index is 15.0. The molecule has 0 saturated carbocycles. The summed E-state index contributed by atoms with van der Waals surface area (Å²) < 4.78 is 51.0. The number of hydrogen-bond donors (Lipinski definition) is 2. The molecule has 0 bridgehead atoms. The van der Waals surface area contributed by atoms with Crippen molar-refractivity contribution in [1.29, 1.82) is 0 Å². The highest BCUT2D eigenvalue weighted by atomic mass is 19.1. The molecule has 4 heterocycles. The fourth-order valence-corrected chi connectivity index (χ4v) is 7.83. The smallest absolute Gasteiger partial charge is 0.352 e. The molecular formula is C44H47F2N9O6. The molecule has 61 heavy (non-hydrogen) atoms. The number of ether oxygens (including phenoxy) is 3.